The molecule has 0 aliphatic rings. The summed E-state index contributed by atoms with van der Waals surface area (Å²) < 4.78 is 11.6. The largest absolute Gasteiger partial charge is 0.489 e. The first-order valence-corrected chi connectivity index (χ1v) is 15.1. The third-order valence-electron chi connectivity index (χ3n) is 7.30. The van der Waals surface area contributed by atoms with Crippen molar-refractivity contribution in [3.8, 4) is 35.2 Å². The second-order valence-electron chi connectivity index (χ2n) is 10.7. The molecule has 6 heteroatoms. The van der Waals surface area contributed by atoms with E-state index in [-0.39, 0.29) is 30.6 Å². The maximum absolute atomic E-state index is 11.1. The predicted octanol–water partition coefficient (Wildman–Crippen LogP) is 7.71. The molecule has 236 valence electrons. The number of carbonyl (C=O) groups excluding carboxylic acids is 1. The van der Waals surface area contributed by atoms with Gasteiger partial charge in [0.2, 0.25) is 5.91 Å². The van der Waals surface area contributed by atoms with E-state index in [0.717, 1.165) is 28.2 Å². The average molecular weight is 616 g/mol. The van der Waals surface area contributed by atoms with Crippen LogP contribution in [0.5, 0.6) is 11.5 Å². The van der Waals surface area contributed by atoms with Gasteiger partial charge in [-0.25, -0.2) is 0 Å². The highest BCUT2D eigenvalue weighted by molar-refractivity contribution is 5.75. The number of carboxylic acids is 1. The molecule has 4 aromatic rings. The molecule has 0 aromatic heterocycles. The molecule has 4 aromatic carbocycles. The molecule has 0 heterocycles. The summed E-state index contributed by atoms with van der Waals surface area (Å²) in [5.74, 6) is 11.5. The molecule has 0 bridgehead atoms. The molecule has 0 aliphatic carbocycles. The van der Waals surface area contributed by atoms with E-state index in [0.29, 0.717) is 13.2 Å². The molecule has 0 radical (unpaired) electrons. The quantitative estimate of drug-likeness (QED) is 0.159. The van der Waals surface area contributed by atoms with E-state index in [1.807, 2.05) is 78.9 Å². The Bertz CT molecular complexity index is 1570. The van der Waals surface area contributed by atoms with Crippen LogP contribution in [0.25, 0.3) is 0 Å². The fraction of sp³-hybridized carbons (Fsp3) is 0.250. The van der Waals surface area contributed by atoms with Crippen LogP contribution >= 0.6 is 0 Å². The highest BCUT2D eigenvalue weighted by Crippen LogP contribution is 2.24. The van der Waals surface area contributed by atoms with Crippen molar-refractivity contribution < 1.29 is 24.2 Å². The lowest BCUT2D eigenvalue weighted by atomic mass is 9.96. The fourth-order valence-electron chi connectivity index (χ4n) is 4.69. The monoisotopic (exact) mass is 615 g/mol. The van der Waals surface area contributed by atoms with Crippen LogP contribution in [0.15, 0.2) is 97.1 Å². The van der Waals surface area contributed by atoms with E-state index in [1.54, 1.807) is 13.8 Å². The number of primary amides is 1. The second-order valence-corrected chi connectivity index (χ2v) is 10.7. The van der Waals surface area contributed by atoms with Gasteiger partial charge in [0.25, 0.3) is 0 Å². The Kier molecular flexibility index (Phi) is 14.0. The summed E-state index contributed by atoms with van der Waals surface area (Å²) in [6.45, 7) is 8.65. The first-order chi connectivity index (χ1) is 22.2. The van der Waals surface area contributed by atoms with Crippen LogP contribution in [-0.2, 0) is 22.8 Å². The number of ether oxygens (including phenoxy) is 2. The summed E-state index contributed by atoms with van der Waals surface area (Å²) in [4.78, 5) is 22.1. The first kappa shape index (κ1) is 35.0. The lowest BCUT2D eigenvalue weighted by molar-refractivity contribution is -0.137. The van der Waals surface area contributed by atoms with Crippen LogP contribution in [0.3, 0.4) is 0 Å². The van der Waals surface area contributed by atoms with Crippen molar-refractivity contribution in [3.63, 3.8) is 0 Å². The number of hydrogen-bond acceptors (Lipinski definition) is 4. The number of amides is 1. The zero-order valence-electron chi connectivity index (χ0n) is 26.9. The minimum atomic E-state index is -0.849. The van der Waals surface area contributed by atoms with Crippen molar-refractivity contribution >= 4 is 11.9 Å². The number of rotatable bonds is 12. The van der Waals surface area contributed by atoms with Crippen molar-refractivity contribution in [2.75, 3.05) is 0 Å². The SMILES string of the molecule is CC#CC(CC(=O)O)c1ccc(OCc2ccccc2C)cc1.CC#CC(CC(N)=O)c1ccc(OCc2ccccc2C)cc1. The van der Waals surface area contributed by atoms with Crippen LogP contribution in [0.1, 0.15) is 71.9 Å². The number of hydrogen-bond donors (Lipinski definition) is 2. The minimum absolute atomic E-state index is 0.00422. The van der Waals surface area contributed by atoms with E-state index >= 15 is 0 Å². The van der Waals surface area contributed by atoms with E-state index < -0.39 is 5.97 Å². The molecule has 4 rings (SSSR count). The molecule has 6 nitrogen and oxygen atoms in total. The summed E-state index contributed by atoms with van der Waals surface area (Å²) in [7, 11) is 0. The second kappa shape index (κ2) is 18.4. The third kappa shape index (κ3) is 11.6. The molecule has 0 fully saturated rings. The molecule has 0 spiro atoms. The van der Waals surface area contributed by atoms with Crippen LogP contribution in [0.4, 0.5) is 0 Å². The van der Waals surface area contributed by atoms with Crippen LogP contribution in [-0.4, -0.2) is 17.0 Å². The summed E-state index contributed by atoms with van der Waals surface area (Å²) >= 11 is 0. The zero-order chi connectivity index (χ0) is 33.3. The van der Waals surface area contributed by atoms with Crippen molar-refractivity contribution in [2.24, 2.45) is 5.73 Å². The van der Waals surface area contributed by atoms with Crippen molar-refractivity contribution in [1.82, 2.24) is 0 Å². The Balaban J connectivity index is 0.000000250. The molecule has 0 saturated carbocycles. The Morgan fingerprint density at radius 3 is 1.39 bits per heavy atom. The van der Waals surface area contributed by atoms with Gasteiger partial charge in [-0.2, -0.15) is 0 Å². The lowest BCUT2D eigenvalue weighted by Gasteiger charge is -2.12. The summed E-state index contributed by atoms with van der Waals surface area (Å²) in [5.41, 5.74) is 11.9. The molecule has 3 N–H and O–H groups in total. The zero-order valence-corrected chi connectivity index (χ0v) is 26.9. The third-order valence-corrected chi connectivity index (χ3v) is 7.30. The highest BCUT2D eigenvalue weighted by Gasteiger charge is 2.14. The fourth-order valence-corrected chi connectivity index (χ4v) is 4.69. The van der Waals surface area contributed by atoms with Gasteiger partial charge in [-0.05, 0) is 85.3 Å². The summed E-state index contributed by atoms with van der Waals surface area (Å²) in [6.07, 6.45) is 0.231. The van der Waals surface area contributed by atoms with E-state index in [2.05, 4.69) is 55.7 Å². The van der Waals surface area contributed by atoms with Crippen LogP contribution < -0.4 is 15.2 Å². The number of nitrogens with two attached hydrogens (primary N) is 1. The summed E-state index contributed by atoms with van der Waals surface area (Å²) in [5, 5.41) is 8.97. The van der Waals surface area contributed by atoms with Gasteiger partial charge in [-0.3, -0.25) is 9.59 Å². The van der Waals surface area contributed by atoms with Crippen molar-refractivity contribution in [2.45, 2.75) is 65.6 Å². The minimum Gasteiger partial charge on any atom is -0.489 e. The van der Waals surface area contributed by atoms with Gasteiger partial charge < -0.3 is 20.3 Å². The molecule has 46 heavy (non-hydrogen) atoms. The number of carboxylic acid groups (broad SMARTS) is 1. The molecule has 1 amide bonds. The molecule has 2 atom stereocenters. The maximum Gasteiger partial charge on any atom is 0.304 e. The van der Waals surface area contributed by atoms with E-state index in [4.69, 9.17) is 20.3 Å². The maximum atomic E-state index is 11.1. The Morgan fingerprint density at radius 2 is 1.04 bits per heavy atom. The van der Waals surface area contributed by atoms with Gasteiger partial charge in [-0.15, -0.1) is 11.8 Å². The van der Waals surface area contributed by atoms with Gasteiger partial charge in [-0.1, -0.05) is 84.6 Å². The predicted molar refractivity (Wildman–Crippen MR) is 182 cm³/mol. The lowest BCUT2D eigenvalue weighted by Crippen LogP contribution is -2.14. The van der Waals surface area contributed by atoms with Gasteiger partial charge in [0.1, 0.15) is 24.7 Å². The normalized spacial score (nSPS) is 11.2. The van der Waals surface area contributed by atoms with E-state index in [1.165, 1.54) is 16.7 Å². The van der Waals surface area contributed by atoms with Crippen molar-refractivity contribution in [3.05, 3.63) is 130 Å². The van der Waals surface area contributed by atoms with Gasteiger partial charge in [0, 0.05) is 6.42 Å². The molecular formula is C40H41NO5. The molecule has 2 unspecified atom stereocenters. The molecule has 0 saturated heterocycles. The highest BCUT2D eigenvalue weighted by atomic mass is 16.5. The van der Waals surface area contributed by atoms with Crippen molar-refractivity contribution in [1.29, 1.82) is 0 Å². The Hall–Kier alpha value is -5.46. The first-order valence-electron chi connectivity index (χ1n) is 15.1. The Morgan fingerprint density at radius 1 is 0.652 bits per heavy atom. The van der Waals surface area contributed by atoms with Gasteiger partial charge >= 0.3 is 5.97 Å². The topological polar surface area (TPSA) is 98.9 Å². The number of aryl methyl sites for hydroxylation is 2. The smallest absolute Gasteiger partial charge is 0.304 e. The number of benzene rings is 4. The molecule has 0 aliphatic heterocycles. The van der Waals surface area contributed by atoms with E-state index in [9.17, 15) is 9.59 Å². The van der Waals surface area contributed by atoms with Crippen LogP contribution in [0.2, 0.25) is 0 Å². The van der Waals surface area contributed by atoms with Gasteiger partial charge in [0.15, 0.2) is 0 Å². The average Bonchev–Trinajstić information content (AvgIpc) is 3.04. The molecular weight excluding hydrogens is 574 g/mol. The summed E-state index contributed by atoms with van der Waals surface area (Å²) in [6, 6.07) is 31.4. The standard InChI is InChI=1S/C20H21NO2.C20H20O3/c2*1-3-6-17(13-20(21)22)16-9-11-19(12-10-16)23-14-18-8-5-4-7-15(18)2/h4-5,7-12,17H,13-14H2,1-2H3,(H2,21,22);4-5,7-12,17H,13-14H2,1-2H3,(H,21,22). The Labute approximate surface area is 272 Å². The van der Waals surface area contributed by atoms with Crippen LogP contribution in [0, 0.1) is 37.5 Å². The van der Waals surface area contributed by atoms with Gasteiger partial charge in [0.05, 0.1) is 18.3 Å². The number of carbonyl (C=O) groups is 2. The number of aliphatic carboxylic acids is 1.